The van der Waals surface area contributed by atoms with E-state index >= 15 is 13.2 Å². The molecule has 5 rings (SSSR count). The van der Waals surface area contributed by atoms with E-state index in [0.717, 1.165) is 22.6 Å². The zero-order valence-corrected chi connectivity index (χ0v) is 25.9. The Morgan fingerprint density at radius 3 is 1.63 bits per heavy atom. The van der Waals surface area contributed by atoms with E-state index in [1.165, 1.54) is 38.1 Å². The molecule has 0 aromatic heterocycles. The second-order valence-corrected chi connectivity index (χ2v) is 11.4. The van der Waals surface area contributed by atoms with Gasteiger partial charge in [-0.25, -0.2) is 0 Å². The van der Waals surface area contributed by atoms with Crippen molar-refractivity contribution in [1.82, 2.24) is 0 Å². The van der Waals surface area contributed by atoms with Crippen LogP contribution in [0.1, 0.15) is 63.7 Å². The van der Waals surface area contributed by atoms with Gasteiger partial charge in [-0.2, -0.15) is 13.2 Å². The lowest BCUT2D eigenvalue weighted by atomic mass is 9.74. The van der Waals surface area contributed by atoms with Crippen LogP contribution in [0.25, 0.3) is 0 Å². The average Bonchev–Trinajstić information content (AvgIpc) is 3.05. The number of rotatable bonds is 11. The van der Waals surface area contributed by atoms with E-state index in [-0.39, 0.29) is 29.1 Å². The molecule has 0 saturated heterocycles. The van der Waals surface area contributed by atoms with Crippen molar-refractivity contribution >= 4 is 34.3 Å². The van der Waals surface area contributed by atoms with Crippen molar-refractivity contribution in [3.63, 3.8) is 0 Å². The van der Waals surface area contributed by atoms with Crippen LogP contribution in [0.5, 0.6) is 0 Å². The van der Waals surface area contributed by atoms with Crippen LogP contribution >= 0.6 is 0 Å². The smallest absolute Gasteiger partial charge is 0.355 e. The van der Waals surface area contributed by atoms with Gasteiger partial charge in [-0.15, -0.1) is 0 Å². The minimum absolute atomic E-state index is 0.0183. The summed E-state index contributed by atoms with van der Waals surface area (Å²) < 4.78 is 45.8. The van der Waals surface area contributed by atoms with E-state index in [0.29, 0.717) is 28.8 Å². The number of alkyl halides is 3. The molecule has 0 spiro atoms. The molecule has 1 atom stereocenters. The van der Waals surface area contributed by atoms with Crippen LogP contribution in [0.2, 0.25) is 0 Å². The largest absolute Gasteiger partial charge is 0.402 e. The van der Waals surface area contributed by atoms with Crippen molar-refractivity contribution in [3.05, 3.63) is 155 Å². The number of aryl methyl sites for hydroxylation is 1. The molecule has 46 heavy (non-hydrogen) atoms. The predicted molar refractivity (Wildman–Crippen MR) is 179 cm³/mol. The molecule has 0 amide bonds. The van der Waals surface area contributed by atoms with Gasteiger partial charge in [-0.1, -0.05) is 85.8 Å². The number of ketones is 2. The minimum atomic E-state index is -4.65. The van der Waals surface area contributed by atoms with Crippen LogP contribution in [0.4, 0.5) is 35.9 Å². The fourth-order valence-corrected chi connectivity index (χ4v) is 5.53. The van der Waals surface area contributed by atoms with Crippen molar-refractivity contribution < 1.29 is 22.8 Å². The third-order valence-electron chi connectivity index (χ3n) is 8.36. The number of carbonyl (C=O) groups is 2. The first-order valence-electron chi connectivity index (χ1n) is 15.1. The summed E-state index contributed by atoms with van der Waals surface area (Å²) in [6.07, 6.45) is -4.30. The van der Waals surface area contributed by atoms with E-state index in [4.69, 9.17) is 0 Å². The number of anilines is 4. The minimum Gasteiger partial charge on any atom is -0.355 e. The van der Waals surface area contributed by atoms with Gasteiger partial charge in [-0.3, -0.25) is 9.59 Å². The first kappa shape index (κ1) is 32.2. The fraction of sp³-hybridized carbons (Fsp3) is 0.179. The Morgan fingerprint density at radius 1 is 0.630 bits per heavy atom. The van der Waals surface area contributed by atoms with Crippen molar-refractivity contribution in [2.24, 2.45) is 0 Å². The first-order chi connectivity index (χ1) is 22.0. The Labute approximate surface area is 267 Å². The monoisotopic (exact) mass is 620 g/mol. The molecular formula is C39H35F3N2O2. The van der Waals surface area contributed by atoms with Crippen LogP contribution < -0.4 is 10.6 Å². The number of nitrogens with one attached hydrogen (secondary N) is 2. The van der Waals surface area contributed by atoms with Gasteiger partial charge in [0.05, 0.1) is 0 Å². The third-order valence-corrected chi connectivity index (χ3v) is 8.36. The van der Waals surface area contributed by atoms with Gasteiger partial charge >= 0.3 is 6.18 Å². The van der Waals surface area contributed by atoms with E-state index < -0.39 is 11.6 Å². The molecule has 4 nitrogen and oxygen atoms in total. The van der Waals surface area contributed by atoms with Gasteiger partial charge in [0.2, 0.25) is 0 Å². The summed E-state index contributed by atoms with van der Waals surface area (Å²) in [4.78, 5) is 25.5. The van der Waals surface area contributed by atoms with Gasteiger partial charge < -0.3 is 10.6 Å². The zero-order chi connectivity index (χ0) is 32.9. The molecule has 0 radical (unpaired) electrons. The summed E-state index contributed by atoms with van der Waals surface area (Å²) in [5, 5.41) is 6.59. The number of halogens is 3. The van der Waals surface area contributed by atoms with E-state index in [1.807, 2.05) is 67.6 Å². The average molecular weight is 621 g/mol. The second kappa shape index (κ2) is 13.4. The molecule has 0 aliphatic heterocycles. The molecule has 0 bridgehead atoms. The van der Waals surface area contributed by atoms with Crippen molar-refractivity contribution in [2.45, 2.75) is 45.2 Å². The second-order valence-electron chi connectivity index (χ2n) is 11.4. The fourth-order valence-electron chi connectivity index (χ4n) is 5.53. The Kier molecular flexibility index (Phi) is 9.42. The molecular weight excluding hydrogens is 585 g/mol. The van der Waals surface area contributed by atoms with E-state index in [1.54, 1.807) is 36.4 Å². The molecule has 0 heterocycles. The SMILES string of the molecule is CCc1cc(C(C)(c2ccc(Nc3ccccc3)c(CC(=O)c3cccc(C(C)=O)c3)c2)C(F)(F)F)ccc1Nc1ccccc1. The quantitative estimate of drug-likeness (QED) is 0.144. The molecule has 0 aliphatic carbocycles. The normalized spacial score (nSPS) is 12.7. The highest BCUT2D eigenvalue weighted by molar-refractivity contribution is 6.01. The zero-order valence-electron chi connectivity index (χ0n) is 25.9. The summed E-state index contributed by atoms with van der Waals surface area (Å²) in [6.45, 7) is 4.52. The topological polar surface area (TPSA) is 58.2 Å². The van der Waals surface area contributed by atoms with Gasteiger partial charge in [-0.05, 0) is 85.0 Å². The van der Waals surface area contributed by atoms with Gasteiger partial charge in [0.1, 0.15) is 5.41 Å². The Balaban J connectivity index is 1.59. The predicted octanol–water partition coefficient (Wildman–Crippen LogP) is 10.2. The number of hydrogen-bond donors (Lipinski definition) is 2. The Hall–Kier alpha value is -5.17. The maximum absolute atomic E-state index is 15.3. The summed E-state index contributed by atoms with van der Waals surface area (Å²) in [7, 11) is 0. The van der Waals surface area contributed by atoms with E-state index in [2.05, 4.69) is 10.6 Å². The van der Waals surface area contributed by atoms with Crippen molar-refractivity contribution in [2.75, 3.05) is 10.6 Å². The van der Waals surface area contributed by atoms with E-state index in [9.17, 15) is 9.59 Å². The molecule has 0 aliphatic rings. The maximum atomic E-state index is 15.3. The van der Waals surface area contributed by atoms with Crippen LogP contribution in [0, 0.1) is 0 Å². The van der Waals surface area contributed by atoms with Crippen LogP contribution in [-0.4, -0.2) is 17.7 Å². The molecule has 234 valence electrons. The highest BCUT2D eigenvalue weighted by Crippen LogP contribution is 2.48. The summed E-state index contributed by atoms with van der Waals surface area (Å²) in [5.74, 6) is -0.491. The number of benzene rings is 5. The molecule has 1 unspecified atom stereocenters. The van der Waals surface area contributed by atoms with Gasteiger partial charge in [0.15, 0.2) is 11.6 Å². The Bertz CT molecular complexity index is 1850. The molecule has 5 aromatic rings. The van der Waals surface area contributed by atoms with Gasteiger partial charge in [0.25, 0.3) is 0 Å². The third kappa shape index (κ3) is 6.89. The van der Waals surface area contributed by atoms with Crippen molar-refractivity contribution in [1.29, 1.82) is 0 Å². The molecule has 0 saturated carbocycles. The number of carbonyl (C=O) groups excluding carboxylic acids is 2. The highest BCUT2D eigenvalue weighted by Gasteiger charge is 2.53. The molecule has 0 fully saturated rings. The highest BCUT2D eigenvalue weighted by atomic mass is 19.4. The number of hydrogen-bond acceptors (Lipinski definition) is 4. The van der Waals surface area contributed by atoms with Crippen LogP contribution in [-0.2, 0) is 18.3 Å². The standard InChI is InChI=1S/C39H35F3N2O2/c1-4-27-23-31(18-20-35(27)43-33-14-7-5-8-15-33)38(3,39(40,41)42)32-19-21-36(44-34-16-9-6-10-17-34)30(24-32)25-37(46)29-13-11-12-28(22-29)26(2)45/h5-24,43-44H,4,25H2,1-3H3. The summed E-state index contributed by atoms with van der Waals surface area (Å²) in [5.41, 5.74) is 2.45. The van der Waals surface area contributed by atoms with Gasteiger partial charge in [0, 0.05) is 40.3 Å². The molecule has 5 aromatic carbocycles. The number of Topliss-reactive ketones (excluding diaryl/α,β-unsaturated/α-hetero) is 2. The maximum Gasteiger partial charge on any atom is 0.402 e. The van der Waals surface area contributed by atoms with Crippen LogP contribution in [0.3, 0.4) is 0 Å². The lowest BCUT2D eigenvalue weighted by Crippen LogP contribution is -2.40. The molecule has 7 heteroatoms. The molecule has 2 N–H and O–H groups in total. The van der Waals surface area contributed by atoms with Crippen LogP contribution in [0.15, 0.2) is 121 Å². The first-order valence-corrected chi connectivity index (χ1v) is 15.1. The lowest BCUT2D eigenvalue weighted by molar-refractivity contribution is -0.173. The summed E-state index contributed by atoms with van der Waals surface area (Å²) >= 11 is 0. The van der Waals surface area contributed by atoms with Crippen molar-refractivity contribution in [3.8, 4) is 0 Å². The lowest BCUT2D eigenvalue weighted by Gasteiger charge is -2.34. The Morgan fingerprint density at radius 2 is 1.13 bits per heavy atom. The number of para-hydroxylation sites is 2. The summed E-state index contributed by atoms with van der Waals surface area (Å²) in [6, 6.07) is 34.5.